The predicted octanol–water partition coefficient (Wildman–Crippen LogP) is 1.66. The highest BCUT2D eigenvalue weighted by Crippen LogP contribution is 2.34. The van der Waals surface area contributed by atoms with Crippen molar-refractivity contribution in [3.63, 3.8) is 0 Å². The van der Waals surface area contributed by atoms with Gasteiger partial charge in [-0.1, -0.05) is 6.07 Å². The highest BCUT2D eigenvalue weighted by atomic mass is 16.3. The Bertz CT molecular complexity index is 536. The summed E-state index contributed by atoms with van der Waals surface area (Å²) in [5, 5.41) is 21.2. The van der Waals surface area contributed by atoms with Gasteiger partial charge in [-0.2, -0.15) is 5.26 Å². The van der Waals surface area contributed by atoms with Crippen molar-refractivity contribution in [3.8, 4) is 6.07 Å². The smallest absolute Gasteiger partial charge is 0.257 e. The van der Waals surface area contributed by atoms with Crippen molar-refractivity contribution in [3.05, 3.63) is 23.8 Å². The topological polar surface area (TPSA) is 76.4 Å². The number of rotatable bonds is 4. The molecule has 2 rings (SSSR count). The molecule has 5 nitrogen and oxygen atoms in total. The van der Waals surface area contributed by atoms with E-state index in [9.17, 15) is 9.90 Å². The van der Waals surface area contributed by atoms with Gasteiger partial charge in [0.1, 0.15) is 0 Å². The van der Waals surface area contributed by atoms with Crippen LogP contribution in [0, 0.1) is 17.2 Å². The summed E-state index contributed by atoms with van der Waals surface area (Å²) in [5.41, 5.74) is 2.20. The number of benzene rings is 1. The van der Waals surface area contributed by atoms with E-state index in [2.05, 4.69) is 16.3 Å². The standard InChI is InChI=1S/C14H17N3O2/c1-3-17(8-9(2)7-15)10-4-5-11-12(6-10)16-14(19)13(11)18/h4-6,9,13,18H,3,8H2,1-2H3,(H,16,19). The fraction of sp³-hybridized carbons (Fsp3) is 0.429. The highest BCUT2D eigenvalue weighted by molar-refractivity contribution is 6.02. The second-order valence-corrected chi connectivity index (χ2v) is 4.73. The van der Waals surface area contributed by atoms with Crippen molar-refractivity contribution in [1.82, 2.24) is 0 Å². The molecule has 0 saturated heterocycles. The van der Waals surface area contributed by atoms with Crippen LogP contribution in [0.4, 0.5) is 11.4 Å². The molecule has 1 aromatic carbocycles. The summed E-state index contributed by atoms with van der Waals surface area (Å²) in [6.07, 6.45) is -1.07. The lowest BCUT2D eigenvalue weighted by molar-refractivity contribution is -0.123. The van der Waals surface area contributed by atoms with Crippen molar-refractivity contribution >= 4 is 17.3 Å². The molecule has 100 valence electrons. The zero-order valence-corrected chi connectivity index (χ0v) is 11.1. The average molecular weight is 259 g/mol. The molecule has 1 heterocycles. The zero-order chi connectivity index (χ0) is 14.0. The largest absolute Gasteiger partial charge is 0.378 e. The molecule has 1 aliphatic heterocycles. The van der Waals surface area contributed by atoms with E-state index in [1.54, 1.807) is 6.07 Å². The van der Waals surface area contributed by atoms with E-state index >= 15 is 0 Å². The molecule has 2 unspecified atom stereocenters. The summed E-state index contributed by atoms with van der Waals surface area (Å²) >= 11 is 0. The van der Waals surface area contributed by atoms with Crippen LogP contribution in [-0.2, 0) is 4.79 Å². The minimum absolute atomic E-state index is 0.0617. The molecule has 19 heavy (non-hydrogen) atoms. The van der Waals surface area contributed by atoms with Crippen LogP contribution in [0.3, 0.4) is 0 Å². The van der Waals surface area contributed by atoms with Crippen molar-refractivity contribution in [2.75, 3.05) is 23.3 Å². The molecule has 0 bridgehead atoms. The Morgan fingerprint density at radius 3 is 2.95 bits per heavy atom. The Labute approximate surface area is 112 Å². The van der Waals surface area contributed by atoms with Gasteiger partial charge < -0.3 is 15.3 Å². The van der Waals surface area contributed by atoms with Crippen molar-refractivity contribution in [1.29, 1.82) is 5.26 Å². The number of nitrogens with one attached hydrogen (secondary N) is 1. The molecule has 1 amide bonds. The summed E-state index contributed by atoms with van der Waals surface area (Å²) in [7, 11) is 0. The Kier molecular flexibility index (Phi) is 3.72. The number of aliphatic hydroxyl groups is 1. The molecule has 0 radical (unpaired) electrons. The third-order valence-electron chi connectivity index (χ3n) is 3.30. The SMILES string of the molecule is CCN(CC(C)C#N)c1ccc2c(c1)NC(=O)C2O. The van der Waals surface area contributed by atoms with E-state index in [1.807, 2.05) is 26.0 Å². The fourth-order valence-corrected chi connectivity index (χ4v) is 2.22. The molecule has 2 atom stereocenters. The van der Waals surface area contributed by atoms with Crippen LogP contribution in [0.15, 0.2) is 18.2 Å². The number of nitrogens with zero attached hydrogens (tertiary/aromatic N) is 2. The first-order valence-corrected chi connectivity index (χ1v) is 6.34. The second-order valence-electron chi connectivity index (χ2n) is 4.73. The third kappa shape index (κ3) is 2.54. The molecule has 0 aliphatic carbocycles. The summed E-state index contributed by atoms with van der Waals surface area (Å²) in [6, 6.07) is 7.69. The first kappa shape index (κ1) is 13.4. The summed E-state index contributed by atoms with van der Waals surface area (Å²) in [4.78, 5) is 13.5. The number of aliphatic hydroxyl groups excluding tert-OH is 1. The molecule has 0 fully saturated rings. The molecule has 0 aromatic heterocycles. The van der Waals surface area contributed by atoms with Crippen molar-refractivity contribution in [2.45, 2.75) is 20.0 Å². The van der Waals surface area contributed by atoms with Gasteiger partial charge in [-0.3, -0.25) is 4.79 Å². The van der Waals surface area contributed by atoms with Gasteiger partial charge in [-0.25, -0.2) is 0 Å². The van der Waals surface area contributed by atoms with Crippen molar-refractivity contribution < 1.29 is 9.90 Å². The maximum absolute atomic E-state index is 11.4. The molecule has 1 aromatic rings. The minimum atomic E-state index is -1.07. The number of amides is 1. The Balaban J connectivity index is 2.25. The van der Waals surface area contributed by atoms with Crippen LogP contribution >= 0.6 is 0 Å². The molecular formula is C14H17N3O2. The summed E-state index contributed by atoms with van der Waals surface area (Å²) in [6.45, 7) is 5.32. The maximum atomic E-state index is 11.4. The molecular weight excluding hydrogens is 242 g/mol. The van der Waals surface area contributed by atoms with E-state index in [0.29, 0.717) is 17.8 Å². The van der Waals surface area contributed by atoms with E-state index in [0.717, 1.165) is 12.2 Å². The number of carbonyl (C=O) groups excluding carboxylic acids is 1. The van der Waals surface area contributed by atoms with E-state index in [1.165, 1.54) is 0 Å². The number of fused-ring (bicyclic) bond motifs is 1. The van der Waals surface area contributed by atoms with Gasteiger partial charge in [-0.05, 0) is 26.0 Å². The lowest BCUT2D eigenvalue weighted by Gasteiger charge is -2.24. The third-order valence-corrected chi connectivity index (χ3v) is 3.30. The van der Waals surface area contributed by atoms with Crippen LogP contribution in [0.2, 0.25) is 0 Å². The van der Waals surface area contributed by atoms with Crippen LogP contribution in [0.1, 0.15) is 25.5 Å². The average Bonchev–Trinajstić information content (AvgIpc) is 2.70. The predicted molar refractivity (Wildman–Crippen MR) is 72.7 cm³/mol. The fourth-order valence-electron chi connectivity index (χ4n) is 2.22. The normalized spacial score (nSPS) is 18.4. The van der Waals surface area contributed by atoms with Gasteiger partial charge in [0.2, 0.25) is 0 Å². The van der Waals surface area contributed by atoms with E-state index in [4.69, 9.17) is 5.26 Å². The van der Waals surface area contributed by atoms with Crippen LogP contribution < -0.4 is 10.2 Å². The molecule has 0 saturated carbocycles. The Morgan fingerprint density at radius 2 is 2.32 bits per heavy atom. The van der Waals surface area contributed by atoms with Gasteiger partial charge in [0.25, 0.3) is 5.91 Å². The highest BCUT2D eigenvalue weighted by Gasteiger charge is 2.28. The van der Waals surface area contributed by atoms with Crippen LogP contribution in [0.5, 0.6) is 0 Å². The first-order valence-electron chi connectivity index (χ1n) is 6.34. The number of hydrogen-bond donors (Lipinski definition) is 2. The van der Waals surface area contributed by atoms with Crippen LogP contribution in [-0.4, -0.2) is 24.1 Å². The van der Waals surface area contributed by atoms with E-state index in [-0.39, 0.29) is 11.8 Å². The Morgan fingerprint density at radius 1 is 1.58 bits per heavy atom. The second kappa shape index (κ2) is 5.29. The molecule has 1 aliphatic rings. The van der Waals surface area contributed by atoms with Gasteiger partial charge in [0.15, 0.2) is 6.10 Å². The van der Waals surface area contributed by atoms with Gasteiger partial charge in [0, 0.05) is 30.0 Å². The summed E-state index contributed by atoms with van der Waals surface area (Å²) in [5.74, 6) is -0.450. The number of carbonyl (C=O) groups is 1. The van der Waals surface area contributed by atoms with Gasteiger partial charge in [-0.15, -0.1) is 0 Å². The van der Waals surface area contributed by atoms with Crippen LogP contribution in [0.25, 0.3) is 0 Å². The van der Waals surface area contributed by atoms with Crippen molar-refractivity contribution in [2.24, 2.45) is 5.92 Å². The van der Waals surface area contributed by atoms with E-state index < -0.39 is 6.10 Å². The lowest BCUT2D eigenvalue weighted by Crippen LogP contribution is -2.27. The monoisotopic (exact) mass is 259 g/mol. The zero-order valence-electron chi connectivity index (χ0n) is 11.1. The molecule has 0 spiro atoms. The molecule has 2 N–H and O–H groups in total. The summed E-state index contributed by atoms with van der Waals surface area (Å²) < 4.78 is 0. The first-order chi connectivity index (χ1) is 9.06. The number of anilines is 2. The minimum Gasteiger partial charge on any atom is -0.378 e. The molecule has 5 heteroatoms. The van der Waals surface area contributed by atoms with Gasteiger partial charge >= 0.3 is 0 Å². The number of hydrogen-bond acceptors (Lipinski definition) is 4. The maximum Gasteiger partial charge on any atom is 0.257 e. The van der Waals surface area contributed by atoms with Gasteiger partial charge in [0.05, 0.1) is 12.0 Å². The Hall–Kier alpha value is -2.06. The quantitative estimate of drug-likeness (QED) is 0.862. The number of nitriles is 1. The lowest BCUT2D eigenvalue weighted by atomic mass is 10.1.